The molecule has 88 valence electrons. The van der Waals surface area contributed by atoms with E-state index in [1.807, 2.05) is 31.2 Å². The molecule has 0 aliphatic heterocycles. The van der Waals surface area contributed by atoms with Crippen LogP contribution in [-0.4, -0.2) is 32.7 Å². The van der Waals surface area contributed by atoms with Gasteiger partial charge in [0, 0.05) is 0 Å². The van der Waals surface area contributed by atoms with Gasteiger partial charge in [0.2, 0.25) is 0 Å². The summed E-state index contributed by atoms with van der Waals surface area (Å²) in [4.78, 5) is 10.7. The molecule has 0 radical (unpaired) electrons. The van der Waals surface area contributed by atoms with Gasteiger partial charge in [0.1, 0.15) is 0 Å². The van der Waals surface area contributed by atoms with Crippen LogP contribution in [0.1, 0.15) is 5.56 Å². The van der Waals surface area contributed by atoms with E-state index in [0.717, 1.165) is 15.7 Å². The number of hydrogen-bond acceptors (Lipinski definition) is 3. The van der Waals surface area contributed by atoms with E-state index in [4.69, 9.17) is 10.5 Å². The number of ether oxygens (including phenoxy) is 1. The van der Waals surface area contributed by atoms with Crippen molar-refractivity contribution in [1.82, 2.24) is 9.78 Å². The summed E-state index contributed by atoms with van der Waals surface area (Å²) in [7, 11) is 0. The average molecular weight is 293 g/mol. The molecule has 6 heteroatoms. The Morgan fingerprint density at radius 1 is 1.47 bits per heavy atom. The number of aromatic nitrogens is 2. The average Bonchev–Trinajstić information content (AvgIpc) is 2.61. The van der Waals surface area contributed by atoms with Gasteiger partial charge >= 0.3 is 107 Å². The molecule has 2 aromatic rings. The molecule has 17 heavy (non-hydrogen) atoms. The first kappa shape index (κ1) is 11.7. The monoisotopic (exact) mass is 293 g/mol. The second kappa shape index (κ2) is 4.63. The Balaban J connectivity index is 2.44. The molecule has 1 aromatic carbocycles. The van der Waals surface area contributed by atoms with Gasteiger partial charge in [0.05, 0.1) is 0 Å². The SMILES string of the molecule is Cc1ccccc1-n1ncc(OC(N)=O)c1[AsH2]. The number of benzene rings is 1. The molecule has 1 heterocycles. The third-order valence-electron chi connectivity index (χ3n) is 2.33. The fraction of sp³-hybridized carbons (Fsp3) is 0.0909. The molecule has 0 fully saturated rings. The van der Waals surface area contributed by atoms with Crippen LogP contribution in [0.15, 0.2) is 30.5 Å². The van der Waals surface area contributed by atoms with Crippen LogP contribution in [0, 0.1) is 6.92 Å². The summed E-state index contributed by atoms with van der Waals surface area (Å²) in [5.74, 6) is 0.403. The van der Waals surface area contributed by atoms with E-state index in [9.17, 15) is 4.79 Å². The number of aryl methyl sites for hydroxylation is 1. The minimum atomic E-state index is -0.826. The van der Waals surface area contributed by atoms with Gasteiger partial charge in [0.15, 0.2) is 0 Å². The Hall–Kier alpha value is -1.74. The first-order chi connectivity index (χ1) is 8.09. The van der Waals surface area contributed by atoms with Gasteiger partial charge in [-0.05, 0) is 0 Å². The van der Waals surface area contributed by atoms with E-state index in [0.29, 0.717) is 5.75 Å². The number of rotatable bonds is 2. The Labute approximate surface area is 107 Å². The molecule has 0 aliphatic carbocycles. The minimum absolute atomic E-state index is 0.403. The zero-order valence-electron chi connectivity index (χ0n) is 9.25. The molecule has 0 saturated carbocycles. The summed E-state index contributed by atoms with van der Waals surface area (Å²) in [5, 5.41) is 4.20. The molecule has 1 unspecified atom stereocenters. The summed E-state index contributed by atoms with van der Waals surface area (Å²) in [6, 6.07) is 7.85. The zero-order valence-corrected chi connectivity index (χ0v) is 11.7. The van der Waals surface area contributed by atoms with E-state index in [1.165, 1.54) is 23.0 Å². The van der Waals surface area contributed by atoms with E-state index in [-0.39, 0.29) is 0 Å². The van der Waals surface area contributed by atoms with E-state index in [2.05, 4.69) is 5.10 Å². The fourth-order valence-corrected chi connectivity index (χ4v) is 2.23. The second-order valence-electron chi connectivity index (χ2n) is 3.51. The summed E-state index contributed by atoms with van der Waals surface area (Å²) in [6.45, 7) is 2.00. The van der Waals surface area contributed by atoms with Gasteiger partial charge in [-0.15, -0.1) is 0 Å². The Bertz CT molecular complexity index is 566. The molecule has 0 spiro atoms. The van der Waals surface area contributed by atoms with Crippen LogP contribution in [-0.2, 0) is 0 Å². The maximum atomic E-state index is 10.7. The number of carbonyl (C=O) groups excluding carboxylic acids is 1. The number of nitrogens with zero attached hydrogens (tertiary/aromatic N) is 2. The van der Waals surface area contributed by atoms with Crippen molar-refractivity contribution in [2.24, 2.45) is 5.73 Å². The summed E-state index contributed by atoms with van der Waals surface area (Å²) >= 11 is 1.32. The van der Waals surface area contributed by atoms with Crippen molar-refractivity contribution in [2.45, 2.75) is 6.92 Å². The van der Waals surface area contributed by atoms with Crippen LogP contribution in [0.3, 0.4) is 0 Å². The fourth-order valence-electron chi connectivity index (χ4n) is 1.52. The predicted molar refractivity (Wildman–Crippen MR) is 66.7 cm³/mol. The Morgan fingerprint density at radius 3 is 2.82 bits per heavy atom. The van der Waals surface area contributed by atoms with Crippen LogP contribution in [0.4, 0.5) is 4.79 Å². The summed E-state index contributed by atoms with van der Waals surface area (Å²) in [6.07, 6.45) is 0.669. The van der Waals surface area contributed by atoms with Crippen molar-refractivity contribution in [1.29, 1.82) is 0 Å². The van der Waals surface area contributed by atoms with Gasteiger partial charge in [0.25, 0.3) is 0 Å². The summed E-state index contributed by atoms with van der Waals surface area (Å²) < 4.78 is 7.40. The number of carbonyl (C=O) groups is 1. The number of primary amides is 1. The molecule has 1 amide bonds. The van der Waals surface area contributed by atoms with Gasteiger partial charge in [-0.2, -0.15) is 0 Å². The Kier molecular flexibility index (Phi) is 3.20. The molecule has 2 rings (SSSR count). The van der Waals surface area contributed by atoms with Gasteiger partial charge < -0.3 is 0 Å². The van der Waals surface area contributed by atoms with Crippen molar-refractivity contribution < 1.29 is 9.53 Å². The third-order valence-corrected chi connectivity index (χ3v) is 3.44. The van der Waals surface area contributed by atoms with Crippen molar-refractivity contribution in [2.75, 3.05) is 0 Å². The van der Waals surface area contributed by atoms with Crippen molar-refractivity contribution in [3.05, 3.63) is 36.0 Å². The zero-order chi connectivity index (χ0) is 12.4. The second-order valence-corrected chi connectivity index (χ2v) is 4.66. The molecular weight excluding hydrogens is 281 g/mol. The third kappa shape index (κ3) is 2.34. The van der Waals surface area contributed by atoms with Crippen LogP contribution in [0.5, 0.6) is 5.75 Å². The van der Waals surface area contributed by atoms with Crippen LogP contribution >= 0.6 is 0 Å². The van der Waals surface area contributed by atoms with Crippen LogP contribution in [0.25, 0.3) is 5.69 Å². The number of nitrogens with two attached hydrogens (primary N) is 1. The van der Waals surface area contributed by atoms with Gasteiger partial charge in [-0.25, -0.2) is 0 Å². The quantitative estimate of drug-likeness (QED) is 0.786. The molecule has 1 atom stereocenters. The normalized spacial score (nSPS) is 10.2. The number of hydrogen-bond donors (Lipinski definition) is 1. The summed E-state index contributed by atoms with van der Waals surface area (Å²) in [5.41, 5.74) is 7.04. The first-order valence-electron chi connectivity index (χ1n) is 4.96. The van der Waals surface area contributed by atoms with Gasteiger partial charge in [-0.3, -0.25) is 0 Å². The van der Waals surface area contributed by atoms with Crippen molar-refractivity contribution >= 4 is 27.4 Å². The number of amides is 1. The van der Waals surface area contributed by atoms with Crippen LogP contribution in [0.2, 0.25) is 0 Å². The molecule has 5 nitrogen and oxygen atoms in total. The standard InChI is InChI=1S/C11H12AsN3O2/c1-7-4-2-3-5-8(7)15-10(12)9(6-14-15)17-11(13)16/h2-6H,12H2,1H3,(H2,13,16). The molecule has 1 aromatic heterocycles. The first-order valence-corrected chi connectivity index (χ1v) is 6.17. The molecule has 0 aliphatic rings. The maximum absolute atomic E-state index is 10.7. The predicted octanol–water partition coefficient (Wildman–Crippen LogP) is -0.103. The van der Waals surface area contributed by atoms with Crippen molar-refractivity contribution in [3.63, 3.8) is 0 Å². The van der Waals surface area contributed by atoms with Crippen molar-refractivity contribution in [3.8, 4) is 11.4 Å². The van der Waals surface area contributed by atoms with Crippen LogP contribution < -0.4 is 15.0 Å². The van der Waals surface area contributed by atoms with E-state index in [1.54, 1.807) is 4.68 Å². The topological polar surface area (TPSA) is 70.1 Å². The molecule has 2 N–H and O–H groups in total. The van der Waals surface area contributed by atoms with E-state index < -0.39 is 6.09 Å². The molecular formula is C11H12AsN3O2. The Morgan fingerprint density at radius 2 is 2.18 bits per heavy atom. The van der Waals surface area contributed by atoms with Gasteiger partial charge in [-0.1, -0.05) is 0 Å². The molecule has 0 saturated heterocycles. The molecule has 0 bridgehead atoms. The van der Waals surface area contributed by atoms with E-state index >= 15 is 0 Å². The number of para-hydroxylation sites is 1.